The number of benzene rings is 1. The summed E-state index contributed by atoms with van der Waals surface area (Å²) in [6.45, 7) is 4.11. The third kappa shape index (κ3) is 2.61. The fraction of sp³-hybridized carbons (Fsp3) is 0.263. The van der Waals surface area contributed by atoms with Gasteiger partial charge in [0.15, 0.2) is 0 Å². The Bertz CT molecular complexity index is 889. The maximum absolute atomic E-state index is 12.3. The molecule has 116 valence electrons. The molecule has 4 rings (SSSR count). The van der Waals surface area contributed by atoms with Gasteiger partial charge in [0.2, 0.25) is 5.91 Å². The molecule has 0 spiro atoms. The molecule has 1 aromatic carbocycles. The number of pyridine rings is 1. The molecule has 1 N–H and O–H groups in total. The Kier molecular flexibility index (Phi) is 3.18. The first-order chi connectivity index (χ1) is 11.1. The zero-order chi connectivity index (χ0) is 16.0. The van der Waals surface area contributed by atoms with E-state index in [1.807, 2.05) is 29.7 Å². The van der Waals surface area contributed by atoms with Crippen molar-refractivity contribution in [2.45, 2.75) is 26.7 Å². The summed E-state index contributed by atoms with van der Waals surface area (Å²) in [5, 5.41) is 3.09. The second-order valence-electron chi connectivity index (χ2n) is 6.37. The number of imidazole rings is 1. The van der Waals surface area contributed by atoms with Crippen molar-refractivity contribution in [2.75, 3.05) is 5.32 Å². The third-order valence-corrected chi connectivity index (χ3v) is 4.30. The Morgan fingerprint density at radius 2 is 1.87 bits per heavy atom. The molecule has 1 saturated carbocycles. The van der Waals surface area contributed by atoms with Crippen LogP contribution in [0.2, 0.25) is 0 Å². The van der Waals surface area contributed by atoms with E-state index in [0.29, 0.717) is 0 Å². The summed E-state index contributed by atoms with van der Waals surface area (Å²) in [6.07, 6.45) is 3.95. The van der Waals surface area contributed by atoms with Gasteiger partial charge in [-0.25, -0.2) is 4.98 Å². The summed E-state index contributed by atoms with van der Waals surface area (Å²) in [5.41, 5.74) is 5.05. The molecule has 2 heterocycles. The maximum atomic E-state index is 12.3. The van der Waals surface area contributed by atoms with Gasteiger partial charge in [0.1, 0.15) is 17.2 Å². The number of fused-ring (bicyclic) bond motifs is 1. The number of carbonyl (C=O) groups is 1. The van der Waals surface area contributed by atoms with Crippen LogP contribution in [-0.2, 0) is 4.79 Å². The lowest BCUT2D eigenvalue weighted by Crippen LogP contribution is -2.15. The number of aryl methyl sites for hydroxylation is 2. The van der Waals surface area contributed by atoms with E-state index in [1.165, 1.54) is 5.56 Å². The molecule has 1 aliphatic carbocycles. The normalized spacial score (nSPS) is 14.2. The van der Waals surface area contributed by atoms with Gasteiger partial charge >= 0.3 is 0 Å². The van der Waals surface area contributed by atoms with Crippen molar-refractivity contribution in [1.29, 1.82) is 0 Å². The van der Waals surface area contributed by atoms with E-state index in [4.69, 9.17) is 4.98 Å². The molecule has 4 nitrogen and oxygen atoms in total. The quantitative estimate of drug-likeness (QED) is 0.796. The summed E-state index contributed by atoms with van der Waals surface area (Å²) in [4.78, 5) is 17.0. The molecule has 3 aromatic rings. The second kappa shape index (κ2) is 5.23. The molecule has 0 bridgehead atoms. The highest BCUT2D eigenvalue weighted by molar-refractivity contribution is 5.97. The Labute approximate surface area is 135 Å². The highest BCUT2D eigenvalue weighted by Crippen LogP contribution is 2.33. The van der Waals surface area contributed by atoms with Crippen molar-refractivity contribution in [1.82, 2.24) is 9.38 Å². The number of amides is 1. The zero-order valence-corrected chi connectivity index (χ0v) is 13.3. The van der Waals surface area contributed by atoms with E-state index in [9.17, 15) is 4.79 Å². The van der Waals surface area contributed by atoms with Gasteiger partial charge in [-0.2, -0.15) is 0 Å². The van der Waals surface area contributed by atoms with Crippen molar-refractivity contribution in [3.63, 3.8) is 0 Å². The minimum atomic E-state index is 0.0979. The Balaban J connectivity index is 1.86. The Morgan fingerprint density at radius 3 is 2.57 bits per heavy atom. The molecule has 1 fully saturated rings. The van der Waals surface area contributed by atoms with Crippen LogP contribution in [0.3, 0.4) is 0 Å². The second-order valence-corrected chi connectivity index (χ2v) is 6.37. The van der Waals surface area contributed by atoms with Crippen molar-refractivity contribution < 1.29 is 4.79 Å². The van der Waals surface area contributed by atoms with E-state index in [-0.39, 0.29) is 11.8 Å². The number of aromatic nitrogens is 2. The van der Waals surface area contributed by atoms with E-state index >= 15 is 0 Å². The van der Waals surface area contributed by atoms with Gasteiger partial charge in [-0.3, -0.25) is 9.20 Å². The SMILES string of the molecule is Cc1ccc(-c2nc3cc(C)ccn3c2NC(=O)C2CC2)cc1. The van der Waals surface area contributed by atoms with Crippen LogP contribution in [0.1, 0.15) is 24.0 Å². The molecule has 4 heteroatoms. The highest BCUT2D eigenvalue weighted by atomic mass is 16.2. The minimum Gasteiger partial charge on any atom is -0.310 e. The van der Waals surface area contributed by atoms with E-state index in [1.54, 1.807) is 0 Å². The summed E-state index contributed by atoms with van der Waals surface area (Å²) in [5.74, 6) is 1.03. The number of nitrogens with one attached hydrogen (secondary N) is 1. The smallest absolute Gasteiger partial charge is 0.228 e. The van der Waals surface area contributed by atoms with Crippen LogP contribution in [0.5, 0.6) is 0 Å². The lowest BCUT2D eigenvalue weighted by molar-refractivity contribution is -0.117. The van der Waals surface area contributed by atoms with Crippen LogP contribution < -0.4 is 5.32 Å². The number of carbonyl (C=O) groups excluding carboxylic acids is 1. The highest BCUT2D eigenvalue weighted by Gasteiger charge is 2.31. The predicted octanol–water partition coefficient (Wildman–Crippen LogP) is 3.97. The molecule has 0 atom stereocenters. The molecule has 1 aliphatic rings. The summed E-state index contributed by atoms with van der Waals surface area (Å²) < 4.78 is 1.96. The van der Waals surface area contributed by atoms with Crippen LogP contribution in [-0.4, -0.2) is 15.3 Å². The average Bonchev–Trinajstić information content (AvgIpc) is 3.32. The Morgan fingerprint density at radius 1 is 1.13 bits per heavy atom. The summed E-state index contributed by atoms with van der Waals surface area (Å²) in [6, 6.07) is 12.3. The predicted molar refractivity (Wildman–Crippen MR) is 91.5 cm³/mol. The van der Waals surface area contributed by atoms with E-state index < -0.39 is 0 Å². The number of hydrogen-bond donors (Lipinski definition) is 1. The van der Waals surface area contributed by atoms with Gasteiger partial charge < -0.3 is 5.32 Å². The third-order valence-electron chi connectivity index (χ3n) is 4.30. The van der Waals surface area contributed by atoms with Crippen molar-refractivity contribution in [2.24, 2.45) is 5.92 Å². The van der Waals surface area contributed by atoms with E-state index in [2.05, 4.69) is 36.5 Å². The van der Waals surface area contributed by atoms with Crippen LogP contribution >= 0.6 is 0 Å². The first-order valence-electron chi connectivity index (χ1n) is 7.98. The van der Waals surface area contributed by atoms with Crippen LogP contribution in [0.4, 0.5) is 5.82 Å². The van der Waals surface area contributed by atoms with Gasteiger partial charge in [0.05, 0.1) is 0 Å². The number of anilines is 1. The molecule has 1 amide bonds. The number of hydrogen-bond acceptors (Lipinski definition) is 2. The van der Waals surface area contributed by atoms with Crippen LogP contribution in [0, 0.1) is 19.8 Å². The molecule has 0 unspecified atom stereocenters. The summed E-state index contributed by atoms with van der Waals surface area (Å²) in [7, 11) is 0. The molecule has 0 radical (unpaired) electrons. The first-order valence-corrected chi connectivity index (χ1v) is 7.98. The lowest BCUT2D eigenvalue weighted by atomic mass is 10.1. The van der Waals surface area contributed by atoms with Gasteiger partial charge in [-0.15, -0.1) is 0 Å². The largest absolute Gasteiger partial charge is 0.310 e. The lowest BCUT2D eigenvalue weighted by Gasteiger charge is -2.07. The maximum Gasteiger partial charge on any atom is 0.228 e. The first kappa shape index (κ1) is 14.0. The fourth-order valence-electron chi connectivity index (χ4n) is 2.74. The number of rotatable bonds is 3. The molecular formula is C19H19N3O. The topological polar surface area (TPSA) is 46.4 Å². The molecule has 2 aromatic heterocycles. The molecule has 0 aliphatic heterocycles. The minimum absolute atomic E-state index is 0.0979. The standard InChI is InChI=1S/C19H19N3O/c1-12-3-5-14(6-4-12)17-18(21-19(23)15-7-8-15)22-10-9-13(2)11-16(22)20-17/h3-6,9-11,15H,7-8H2,1-2H3,(H,21,23). The zero-order valence-electron chi connectivity index (χ0n) is 13.3. The molecule has 23 heavy (non-hydrogen) atoms. The molecular weight excluding hydrogens is 286 g/mol. The van der Waals surface area contributed by atoms with Gasteiger partial charge in [-0.1, -0.05) is 29.8 Å². The molecule has 0 saturated heterocycles. The van der Waals surface area contributed by atoms with Crippen LogP contribution in [0.15, 0.2) is 42.6 Å². The Hall–Kier alpha value is -2.62. The summed E-state index contributed by atoms with van der Waals surface area (Å²) >= 11 is 0. The van der Waals surface area contributed by atoms with Crippen molar-refractivity contribution in [3.05, 3.63) is 53.7 Å². The van der Waals surface area contributed by atoms with E-state index in [0.717, 1.165) is 41.1 Å². The monoisotopic (exact) mass is 305 g/mol. The van der Waals surface area contributed by atoms with Gasteiger partial charge in [-0.05, 0) is 44.4 Å². The van der Waals surface area contributed by atoms with Crippen molar-refractivity contribution in [3.8, 4) is 11.3 Å². The van der Waals surface area contributed by atoms with Gasteiger partial charge in [0, 0.05) is 17.7 Å². The average molecular weight is 305 g/mol. The van der Waals surface area contributed by atoms with Crippen LogP contribution in [0.25, 0.3) is 16.9 Å². The fourth-order valence-corrected chi connectivity index (χ4v) is 2.74. The van der Waals surface area contributed by atoms with Gasteiger partial charge in [0.25, 0.3) is 0 Å². The number of nitrogens with zero attached hydrogens (tertiary/aromatic N) is 2. The van der Waals surface area contributed by atoms with Crippen molar-refractivity contribution >= 4 is 17.4 Å².